The van der Waals surface area contributed by atoms with Gasteiger partial charge in [-0.3, -0.25) is 0 Å². The van der Waals surface area contributed by atoms with Crippen LogP contribution < -0.4 is 5.46 Å². The average molecular weight is 236 g/mol. The molecular formula is C12H21BN2O2. The number of aromatic nitrogens is 2. The first-order valence-corrected chi connectivity index (χ1v) is 6.36. The summed E-state index contributed by atoms with van der Waals surface area (Å²) in [4.78, 5) is 7.98. The van der Waals surface area contributed by atoms with Crippen molar-refractivity contribution in [2.45, 2.75) is 39.5 Å². The van der Waals surface area contributed by atoms with Crippen LogP contribution in [0.5, 0.6) is 0 Å². The van der Waals surface area contributed by atoms with Crippen LogP contribution in [0.25, 0.3) is 0 Å². The van der Waals surface area contributed by atoms with Crippen molar-refractivity contribution in [2.75, 3.05) is 13.2 Å². The molecular weight excluding hydrogens is 215 g/mol. The Bertz CT molecular complexity index is 275. The minimum Gasteiger partial charge on any atom is -0.407 e. The van der Waals surface area contributed by atoms with Crippen LogP contribution in [0.1, 0.15) is 39.5 Å². The van der Waals surface area contributed by atoms with Gasteiger partial charge in [0.15, 0.2) is 0 Å². The van der Waals surface area contributed by atoms with Crippen LogP contribution in [-0.2, 0) is 9.31 Å². The molecule has 0 aromatic carbocycles. The Morgan fingerprint density at radius 3 is 2.00 bits per heavy atom. The molecule has 94 valence electrons. The minimum absolute atomic E-state index is 0.325. The molecule has 0 atom stereocenters. The van der Waals surface area contributed by atoms with Crippen LogP contribution in [0.15, 0.2) is 18.7 Å². The van der Waals surface area contributed by atoms with Crippen molar-refractivity contribution in [3.05, 3.63) is 18.7 Å². The van der Waals surface area contributed by atoms with E-state index in [-0.39, 0.29) is 7.12 Å². The number of hydrogen-bond acceptors (Lipinski definition) is 4. The molecule has 0 radical (unpaired) electrons. The zero-order valence-electron chi connectivity index (χ0n) is 10.8. The predicted octanol–water partition coefficient (Wildman–Crippen LogP) is 1.81. The Labute approximate surface area is 104 Å². The van der Waals surface area contributed by atoms with Gasteiger partial charge in [-0.1, -0.05) is 26.7 Å². The number of rotatable bonds is 9. The van der Waals surface area contributed by atoms with Crippen molar-refractivity contribution < 1.29 is 9.31 Å². The monoisotopic (exact) mass is 236 g/mol. The molecule has 0 aliphatic heterocycles. The molecule has 1 rings (SSSR count). The van der Waals surface area contributed by atoms with Crippen LogP contribution in [0.3, 0.4) is 0 Å². The van der Waals surface area contributed by atoms with E-state index in [2.05, 4.69) is 23.8 Å². The second kappa shape index (κ2) is 9.13. The second-order valence-corrected chi connectivity index (χ2v) is 3.95. The summed E-state index contributed by atoms with van der Waals surface area (Å²) >= 11 is 0. The Morgan fingerprint density at radius 2 is 1.53 bits per heavy atom. The van der Waals surface area contributed by atoms with E-state index in [0.717, 1.165) is 31.1 Å². The minimum atomic E-state index is -0.325. The van der Waals surface area contributed by atoms with E-state index < -0.39 is 0 Å². The highest BCUT2D eigenvalue weighted by molar-refractivity contribution is 6.61. The predicted molar refractivity (Wildman–Crippen MR) is 69.1 cm³/mol. The van der Waals surface area contributed by atoms with E-state index in [1.165, 1.54) is 6.33 Å². The fourth-order valence-corrected chi connectivity index (χ4v) is 1.34. The van der Waals surface area contributed by atoms with E-state index >= 15 is 0 Å². The van der Waals surface area contributed by atoms with Crippen LogP contribution >= 0.6 is 0 Å². The van der Waals surface area contributed by atoms with E-state index in [0.29, 0.717) is 13.2 Å². The zero-order valence-corrected chi connectivity index (χ0v) is 10.8. The summed E-state index contributed by atoms with van der Waals surface area (Å²) in [6, 6.07) is 0. The largest absolute Gasteiger partial charge is 0.497 e. The van der Waals surface area contributed by atoms with Crippen molar-refractivity contribution in [3.63, 3.8) is 0 Å². The quantitative estimate of drug-likeness (QED) is 0.484. The second-order valence-electron chi connectivity index (χ2n) is 3.95. The first kappa shape index (κ1) is 14.1. The first-order chi connectivity index (χ1) is 8.38. The molecule has 0 unspecified atom stereocenters. The third-order valence-electron chi connectivity index (χ3n) is 2.39. The molecule has 1 aromatic rings. The van der Waals surface area contributed by atoms with Gasteiger partial charge < -0.3 is 9.31 Å². The molecule has 17 heavy (non-hydrogen) atoms. The highest BCUT2D eigenvalue weighted by atomic mass is 16.6. The maximum Gasteiger partial charge on any atom is 0.497 e. The summed E-state index contributed by atoms with van der Waals surface area (Å²) in [5.41, 5.74) is 0.889. The lowest BCUT2D eigenvalue weighted by Gasteiger charge is -2.13. The fourth-order valence-electron chi connectivity index (χ4n) is 1.34. The van der Waals surface area contributed by atoms with Gasteiger partial charge in [-0.25, -0.2) is 9.97 Å². The van der Waals surface area contributed by atoms with Crippen LogP contribution in [0.4, 0.5) is 0 Å². The highest BCUT2D eigenvalue weighted by Crippen LogP contribution is 1.97. The van der Waals surface area contributed by atoms with Crippen LogP contribution in [-0.4, -0.2) is 30.3 Å². The van der Waals surface area contributed by atoms with Crippen molar-refractivity contribution in [1.29, 1.82) is 0 Å². The standard InChI is InChI=1S/C12H21BN2O2/c1-3-5-7-16-13(17-8-6-4-2)12-9-14-11-15-10-12/h9-11H,3-8H2,1-2H3. The van der Waals surface area contributed by atoms with Gasteiger partial charge in [-0.15, -0.1) is 0 Å². The summed E-state index contributed by atoms with van der Waals surface area (Å²) in [5, 5.41) is 0. The van der Waals surface area contributed by atoms with E-state index in [9.17, 15) is 0 Å². The van der Waals surface area contributed by atoms with Crippen LogP contribution in [0.2, 0.25) is 0 Å². The molecule has 0 spiro atoms. The summed E-state index contributed by atoms with van der Waals surface area (Å²) in [5.74, 6) is 0. The normalized spacial score (nSPS) is 10.5. The van der Waals surface area contributed by atoms with E-state index in [4.69, 9.17) is 9.31 Å². The smallest absolute Gasteiger partial charge is 0.407 e. The van der Waals surface area contributed by atoms with Gasteiger partial charge in [0.1, 0.15) is 6.33 Å². The summed E-state index contributed by atoms with van der Waals surface area (Å²) in [7, 11) is -0.325. The molecule has 0 fully saturated rings. The lowest BCUT2D eigenvalue weighted by atomic mass is 9.81. The molecule has 1 aromatic heterocycles. The molecule has 5 heteroatoms. The maximum absolute atomic E-state index is 5.71. The topological polar surface area (TPSA) is 44.2 Å². The molecule has 0 N–H and O–H groups in total. The lowest BCUT2D eigenvalue weighted by Crippen LogP contribution is -2.38. The Hall–Kier alpha value is -0.935. The third kappa shape index (κ3) is 5.80. The number of unbranched alkanes of at least 4 members (excludes halogenated alkanes) is 2. The molecule has 0 saturated heterocycles. The highest BCUT2D eigenvalue weighted by Gasteiger charge is 2.21. The molecule has 0 aliphatic carbocycles. The average Bonchev–Trinajstić information content (AvgIpc) is 2.38. The number of hydrogen-bond donors (Lipinski definition) is 0. The molecule has 0 bridgehead atoms. The molecule has 1 heterocycles. The summed E-state index contributed by atoms with van der Waals surface area (Å²) in [6.45, 7) is 5.70. The first-order valence-electron chi connectivity index (χ1n) is 6.36. The van der Waals surface area contributed by atoms with Gasteiger partial charge in [0, 0.05) is 31.1 Å². The van der Waals surface area contributed by atoms with Gasteiger partial charge in [0.25, 0.3) is 0 Å². The SMILES string of the molecule is CCCCOB(OCCCC)c1cncnc1. The molecule has 0 saturated carbocycles. The molecule has 0 aliphatic rings. The van der Waals surface area contributed by atoms with Crippen molar-refractivity contribution in [2.24, 2.45) is 0 Å². The molecule has 4 nitrogen and oxygen atoms in total. The zero-order chi connectivity index (χ0) is 12.3. The summed E-state index contributed by atoms with van der Waals surface area (Å²) < 4.78 is 11.4. The number of nitrogens with zero attached hydrogens (tertiary/aromatic N) is 2. The fraction of sp³-hybridized carbons (Fsp3) is 0.667. The van der Waals surface area contributed by atoms with Gasteiger partial charge in [0.2, 0.25) is 0 Å². The lowest BCUT2D eigenvalue weighted by molar-refractivity contribution is 0.202. The van der Waals surface area contributed by atoms with Gasteiger partial charge >= 0.3 is 7.12 Å². The van der Waals surface area contributed by atoms with Crippen molar-refractivity contribution in [3.8, 4) is 0 Å². The maximum atomic E-state index is 5.71. The molecule has 0 amide bonds. The summed E-state index contributed by atoms with van der Waals surface area (Å²) in [6.07, 6.45) is 9.33. The Kier molecular flexibility index (Phi) is 7.59. The van der Waals surface area contributed by atoms with Gasteiger partial charge in [0.05, 0.1) is 0 Å². The van der Waals surface area contributed by atoms with Crippen molar-refractivity contribution >= 4 is 12.6 Å². The third-order valence-corrected chi connectivity index (χ3v) is 2.39. The van der Waals surface area contributed by atoms with Gasteiger partial charge in [-0.2, -0.15) is 0 Å². The van der Waals surface area contributed by atoms with Crippen LogP contribution in [0, 0.1) is 0 Å². The Balaban J connectivity index is 2.46. The van der Waals surface area contributed by atoms with E-state index in [1.54, 1.807) is 12.4 Å². The van der Waals surface area contributed by atoms with E-state index in [1.807, 2.05) is 0 Å². The van der Waals surface area contributed by atoms with Crippen molar-refractivity contribution in [1.82, 2.24) is 9.97 Å². The Morgan fingerprint density at radius 1 is 1.00 bits per heavy atom. The van der Waals surface area contributed by atoms with Gasteiger partial charge in [-0.05, 0) is 12.8 Å².